The Morgan fingerprint density at radius 1 is 1.28 bits per heavy atom. The maximum atomic E-state index is 12.0. The lowest BCUT2D eigenvalue weighted by atomic mass is 9.98. The molecule has 1 rings (SSSR count). The Hall–Kier alpha value is -0.810. The zero-order chi connectivity index (χ0) is 13.8. The van der Waals surface area contributed by atoms with E-state index < -0.39 is 11.4 Å². The number of rotatable bonds is 5. The van der Waals surface area contributed by atoms with E-state index in [1.807, 2.05) is 0 Å². The van der Waals surface area contributed by atoms with E-state index in [1.54, 1.807) is 6.92 Å². The average molecular weight is 292 g/mol. The highest BCUT2D eigenvalue weighted by atomic mass is 35.5. The molecule has 0 aliphatic carbocycles. The van der Waals surface area contributed by atoms with Crippen molar-refractivity contribution in [1.82, 2.24) is 5.32 Å². The lowest BCUT2D eigenvalue weighted by Crippen LogP contribution is -2.53. The van der Waals surface area contributed by atoms with Gasteiger partial charge in [0.2, 0.25) is 0 Å². The standard InChI is InChI=1S/C12H15Cl2NO3/c1-2-12(6-16,7-17)15-11(18)8-3-4-9(13)10(14)5-8/h3-5,16-17H,2,6-7H2,1H3,(H,15,18). The molecule has 0 atom stereocenters. The third kappa shape index (κ3) is 3.36. The van der Waals surface area contributed by atoms with Gasteiger partial charge in [-0.1, -0.05) is 30.1 Å². The molecule has 0 saturated heterocycles. The number of aliphatic hydroxyl groups excluding tert-OH is 2. The van der Waals surface area contributed by atoms with Crippen molar-refractivity contribution >= 4 is 29.1 Å². The molecule has 0 bridgehead atoms. The van der Waals surface area contributed by atoms with Gasteiger partial charge in [0.25, 0.3) is 5.91 Å². The van der Waals surface area contributed by atoms with Gasteiger partial charge < -0.3 is 15.5 Å². The van der Waals surface area contributed by atoms with Crippen LogP contribution < -0.4 is 5.32 Å². The van der Waals surface area contributed by atoms with Gasteiger partial charge in [-0.2, -0.15) is 0 Å². The smallest absolute Gasteiger partial charge is 0.251 e. The summed E-state index contributed by atoms with van der Waals surface area (Å²) in [7, 11) is 0. The second-order valence-corrected chi connectivity index (χ2v) is 4.85. The summed E-state index contributed by atoms with van der Waals surface area (Å²) in [5.41, 5.74) is -0.701. The summed E-state index contributed by atoms with van der Waals surface area (Å²) in [4.78, 5) is 12.0. The molecular weight excluding hydrogens is 277 g/mol. The van der Waals surface area contributed by atoms with Crippen LogP contribution in [-0.4, -0.2) is 34.9 Å². The summed E-state index contributed by atoms with van der Waals surface area (Å²) in [5, 5.41) is 21.7. The summed E-state index contributed by atoms with van der Waals surface area (Å²) in [6.07, 6.45) is 0.410. The Morgan fingerprint density at radius 2 is 1.89 bits per heavy atom. The Bertz CT molecular complexity index is 425. The van der Waals surface area contributed by atoms with Gasteiger partial charge in [-0.15, -0.1) is 0 Å². The fraction of sp³-hybridized carbons (Fsp3) is 0.417. The minimum atomic E-state index is -1.02. The van der Waals surface area contributed by atoms with E-state index in [-0.39, 0.29) is 18.2 Å². The quantitative estimate of drug-likeness (QED) is 0.776. The first-order chi connectivity index (χ1) is 8.48. The summed E-state index contributed by atoms with van der Waals surface area (Å²) in [5.74, 6) is -0.418. The molecule has 6 heteroatoms. The van der Waals surface area contributed by atoms with Gasteiger partial charge in [-0.25, -0.2) is 0 Å². The van der Waals surface area contributed by atoms with Crippen molar-refractivity contribution in [2.75, 3.05) is 13.2 Å². The molecule has 0 unspecified atom stereocenters. The van der Waals surface area contributed by atoms with E-state index in [4.69, 9.17) is 23.2 Å². The number of carbonyl (C=O) groups excluding carboxylic acids is 1. The molecule has 0 aliphatic heterocycles. The highest BCUT2D eigenvalue weighted by molar-refractivity contribution is 6.42. The zero-order valence-electron chi connectivity index (χ0n) is 9.91. The largest absolute Gasteiger partial charge is 0.394 e. The van der Waals surface area contributed by atoms with Crippen LogP contribution in [-0.2, 0) is 0 Å². The van der Waals surface area contributed by atoms with Crippen LogP contribution in [0.2, 0.25) is 10.0 Å². The molecule has 0 radical (unpaired) electrons. The number of benzene rings is 1. The van der Waals surface area contributed by atoms with Crippen LogP contribution in [0.25, 0.3) is 0 Å². The average Bonchev–Trinajstić information content (AvgIpc) is 2.39. The maximum absolute atomic E-state index is 12.0. The minimum Gasteiger partial charge on any atom is -0.394 e. The third-order valence-corrected chi connectivity index (χ3v) is 3.58. The van der Waals surface area contributed by atoms with E-state index in [0.29, 0.717) is 17.0 Å². The van der Waals surface area contributed by atoms with Crippen molar-refractivity contribution in [2.24, 2.45) is 0 Å². The van der Waals surface area contributed by atoms with Crippen molar-refractivity contribution in [3.8, 4) is 0 Å². The highest BCUT2D eigenvalue weighted by Gasteiger charge is 2.29. The Balaban J connectivity index is 2.90. The van der Waals surface area contributed by atoms with E-state index in [0.717, 1.165) is 0 Å². The van der Waals surface area contributed by atoms with Gasteiger partial charge in [-0.3, -0.25) is 4.79 Å². The number of amides is 1. The summed E-state index contributed by atoms with van der Waals surface area (Å²) in [6, 6.07) is 4.48. The van der Waals surface area contributed by atoms with Crippen LogP contribution >= 0.6 is 23.2 Å². The first-order valence-corrected chi connectivity index (χ1v) is 6.23. The van der Waals surface area contributed by atoms with Crippen molar-refractivity contribution in [3.05, 3.63) is 33.8 Å². The third-order valence-electron chi connectivity index (χ3n) is 2.84. The number of hydrogen-bond acceptors (Lipinski definition) is 3. The van der Waals surface area contributed by atoms with E-state index in [9.17, 15) is 15.0 Å². The summed E-state index contributed by atoms with van der Waals surface area (Å²) in [6.45, 7) is 1.09. The Morgan fingerprint density at radius 3 is 2.33 bits per heavy atom. The fourth-order valence-corrected chi connectivity index (χ4v) is 1.69. The number of carbonyl (C=O) groups is 1. The zero-order valence-corrected chi connectivity index (χ0v) is 11.4. The fourth-order valence-electron chi connectivity index (χ4n) is 1.39. The predicted molar refractivity (Wildman–Crippen MR) is 71.1 cm³/mol. The van der Waals surface area contributed by atoms with Crippen LogP contribution in [0.5, 0.6) is 0 Å². The maximum Gasteiger partial charge on any atom is 0.251 e. The number of nitrogens with one attached hydrogen (secondary N) is 1. The van der Waals surface area contributed by atoms with E-state index >= 15 is 0 Å². The minimum absolute atomic E-state index is 0.277. The van der Waals surface area contributed by atoms with Gasteiger partial charge in [0.1, 0.15) is 0 Å². The molecule has 0 fully saturated rings. The van der Waals surface area contributed by atoms with Crippen LogP contribution in [0.1, 0.15) is 23.7 Å². The number of aliphatic hydroxyl groups is 2. The lowest BCUT2D eigenvalue weighted by Gasteiger charge is -2.29. The Kier molecular flexibility index (Phi) is 5.41. The molecular formula is C12H15Cl2NO3. The molecule has 3 N–H and O–H groups in total. The van der Waals surface area contributed by atoms with Crippen LogP contribution in [0.15, 0.2) is 18.2 Å². The predicted octanol–water partition coefficient (Wildman–Crippen LogP) is 1.86. The van der Waals surface area contributed by atoms with Crippen LogP contribution in [0.3, 0.4) is 0 Å². The van der Waals surface area contributed by atoms with Crippen molar-refractivity contribution in [1.29, 1.82) is 0 Å². The summed E-state index contributed by atoms with van der Waals surface area (Å²) >= 11 is 11.6. The molecule has 1 aromatic carbocycles. The van der Waals surface area contributed by atoms with Crippen molar-refractivity contribution in [2.45, 2.75) is 18.9 Å². The molecule has 4 nitrogen and oxygen atoms in total. The SMILES string of the molecule is CCC(CO)(CO)NC(=O)c1ccc(Cl)c(Cl)c1. The molecule has 1 aromatic rings. The van der Waals surface area contributed by atoms with Gasteiger partial charge in [-0.05, 0) is 24.6 Å². The summed E-state index contributed by atoms with van der Waals surface area (Å²) < 4.78 is 0. The normalized spacial score (nSPS) is 11.4. The molecule has 1 amide bonds. The monoisotopic (exact) mass is 291 g/mol. The van der Waals surface area contributed by atoms with Gasteiger partial charge in [0.15, 0.2) is 0 Å². The lowest BCUT2D eigenvalue weighted by molar-refractivity contribution is 0.0653. The van der Waals surface area contributed by atoms with Crippen molar-refractivity contribution < 1.29 is 15.0 Å². The second kappa shape index (κ2) is 6.38. The van der Waals surface area contributed by atoms with Gasteiger partial charge >= 0.3 is 0 Å². The first-order valence-electron chi connectivity index (χ1n) is 5.47. The molecule has 0 aliphatic rings. The second-order valence-electron chi connectivity index (χ2n) is 4.03. The number of hydrogen-bond donors (Lipinski definition) is 3. The highest BCUT2D eigenvalue weighted by Crippen LogP contribution is 2.23. The van der Waals surface area contributed by atoms with Gasteiger partial charge in [0.05, 0.1) is 28.8 Å². The topological polar surface area (TPSA) is 69.6 Å². The van der Waals surface area contributed by atoms with Crippen LogP contribution in [0, 0.1) is 0 Å². The molecule has 18 heavy (non-hydrogen) atoms. The molecule has 100 valence electrons. The van der Waals surface area contributed by atoms with E-state index in [1.165, 1.54) is 18.2 Å². The molecule has 0 aromatic heterocycles. The molecule has 0 heterocycles. The van der Waals surface area contributed by atoms with Gasteiger partial charge in [0, 0.05) is 5.56 Å². The van der Waals surface area contributed by atoms with Crippen molar-refractivity contribution in [3.63, 3.8) is 0 Å². The van der Waals surface area contributed by atoms with E-state index in [2.05, 4.69) is 5.32 Å². The molecule has 0 saturated carbocycles. The Labute approximate surface area is 116 Å². The number of halogens is 2. The van der Waals surface area contributed by atoms with Crippen LogP contribution in [0.4, 0.5) is 0 Å². The first kappa shape index (κ1) is 15.2. The molecule has 0 spiro atoms.